The summed E-state index contributed by atoms with van der Waals surface area (Å²) in [6.07, 6.45) is -0.161. The van der Waals surface area contributed by atoms with Gasteiger partial charge in [-0.2, -0.15) is 13.2 Å². The molecular formula is C20H16F3N3O2. The zero-order chi connectivity index (χ0) is 19.7. The first-order chi connectivity index (χ1) is 13.4. The van der Waals surface area contributed by atoms with Gasteiger partial charge in [0, 0.05) is 11.1 Å². The van der Waals surface area contributed by atoms with Gasteiger partial charge in [-0.1, -0.05) is 17.2 Å². The van der Waals surface area contributed by atoms with Crippen LogP contribution in [0.3, 0.4) is 0 Å². The van der Waals surface area contributed by atoms with Gasteiger partial charge in [0.2, 0.25) is 5.89 Å². The lowest BCUT2D eigenvalue weighted by Crippen LogP contribution is -2.14. The Kier molecular flexibility index (Phi) is 4.62. The van der Waals surface area contributed by atoms with Gasteiger partial charge < -0.3 is 4.42 Å². The number of anilines is 1. The molecule has 0 fully saturated rings. The Morgan fingerprint density at radius 2 is 1.79 bits per heavy atom. The van der Waals surface area contributed by atoms with Crippen LogP contribution in [0.5, 0.6) is 0 Å². The second-order valence-corrected chi connectivity index (χ2v) is 6.64. The lowest BCUT2D eigenvalue weighted by atomic mass is 9.90. The van der Waals surface area contributed by atoms with Crippen LogP contribution >= 0.6 is 0 Å². The highest BCUT2D eigenvalue weighted by molar-refractivity contribution is 6.03. The van der Waals surface area contributed by atoms with Crippen LogP contribution in [0.25, 0.3) is 11.5 Å². The van der Waals surface area contributed by atoms with Crippen molar-refractivity contribution in [2.45, 2.75) is 31.9 Å². The quantitative estimate of drug-likeness (QED) is 0.695. The smallest absolute Gasteiger partial charge is 0.403 e. The van der Waals surface area contributed by atoms with Crippen molar-refractivity contribution in [1.29, 1.82) is 0 Å². The Hall–Kier alpha value is -3.16. The van der Waals surface area contributed by atoms with Crippen LogP contribution in [0.2, 0.25) is 0 Å². The first kappa shape index (κ1) is 18.2. The predicted octanol–water partition coefficient (Wildman–Crippen LogP) is 4.89. The van der Waals surface area contributed by atoms with E-state index in [9.17, 15) is 18.0 Å². The third kappa shape index (κ3) is 3.76. The number of fused-ring (bicyclic) bond motifs is 1. The van der Waals surface area contributed by atoms with Gasteiger partial charge in [-0.15, -0.1) is 5.10 Å². The lowest BCUT2D eigenvalue weighted by Gasteiger charge is -2.15. The molecule has 1 aliphatic carbocycles. The van der Waals surface area contributed by atoms with E-state index in [1.807, 2.05) is 18.2 Å². The average Bonchev–Trinajstić information content (AvgIpc) is 3.15. The Bertz CT molecular complexity index is 1030. The molecular weight excluding hydrogens is 371 g/mol. The lowest BCUT2D eigenvalue weighted by molar-refractivity contribution is -0.137. The van der Waals surface area contributed by atoms with Gasteiger partial charge in [0.15, 0.2) is 0 Å². The molecule has 0 spiro atoms. The zero-order valence-corrected chi connectivity index (χ0v) is 14.7. The van der Waals surface area contributed by atoms with Crippen LogP contribution in [0.15, 0.2) is 46.9 Å². The molecule has 0 bridgehead atoms. The van der Waals surface area contributed by atoms with Crippen molar-refractivity contribution in [3.8, 4) is 11.5 Å². The molecule has 1 heterocycles. The van der Waals surface area contributed by atoms with Crippen molar-refractivity contribution < 1.29 is 22.4 Å². The van der Waals surface area contributed by atoms with Crippen molar-refractivity contribution in [1.82, 2.24) is 10.2 Å². The summed E-state index contributed by atoms with van der Waals surface area (Å²) in [6.45, 7) is 0. The van der Waals surface area contributed by atoms with Crippen molar-refractivity contribution in [2.24, 2.45) is 0 Å². The number of alkyl halides is 3. The molecule has 3 aromatic rings. The number of hydrogen-bond donors (Lipinski definition) is 1. The van der Waals surface area contributed by atoms with Crippen LogP contribution in [0, 0.1) is 0 Å². The molecule has 0 radical (unpaired) electrons. The molecule has 1 aromatic heterocycles. The van der Waals surface area contributed by atoms with E-state index in [0.717, 1.165) is 37.0 Å². The summed E-state index contributed by atoms with van der Waals surface area (Å²) in [6, 6.07) is 9.88. The minimum atomic E-state index is -4.53. The number of amides is 1. The summed E-state index contributed by atoms with van der Waals surface area (Å²) < 4.78 is 43.9. The molecule has 1 N–H and O–H groups in total. The fraction of sp³-hybridized carbons (Fsp3) is 0.250. The molecule has 0 saturated carbocycles. The number of rotatable bonds is 3. The van der Waals surface area contributed by atoms with E-state index in [4.69, 9.17) is 4.42 Å². The van der Waals surface area contributed by atoms with Crippen LogP contribution in [-0.2, 0) is 19.0 Å². The molecule has 2 aromatic carbocycles. The first-order valence-corrected chi connectivity index (χ1v) is 8.84. The van der Waals surface area contributed by atoms with Gasteiger partial charge in [0.1, 0.15) is 0 Å². The van der Waals surface area contributed by atoms with Crippen LogP contribution in [0.4, 0.5) is 19.2 Å². The van der Waals surface area contributed by atoms with Gasteiger partial charge in [0.05, 0.1) is 5.56 Å². The maximum absolute atomic E-state index is 12.8. The number of nitrogens with one attached hydrogen (secondary N) is 1. The summed E-state index contributed by atoms with van der Waals surface area (Å²) in [5.41, 5.74) is 2.25. The molecule has 0 atom stereocenters. The van der Waals surface area contributed by atoms with Gasteiger partial charge in [-0.25, -0.2) is 0 Å². The molecule has 4 rings (SSSR count). The molecule has 144 valence electrons. The Balaban J connectivity index is 1.52. The monoisotopic (exact) mass is 387 g/mol. The SMILES string of the molecule is O=C(Nc1nnc(-c2ccc3c(c2)CCCC3)o1)c1cccc(C(F)(F)F)c1. The molecule has 28 heavy (non-hydrogen) atoms. The number of benzene rings is 2. The second-order valence-electron chi connectivity index (χ2n) is 6.64. The Morgan fingerprint density at radius 1 is 1.00 bits per heavy atom. The molecule has 1 amide bonds. The molecule has 5 nitrogen and oxygen atoms in total. The van der Waals surface area contributed by atoms with E-state index in [-0.39, 0.29) is 17.5 Å². The van der Waals surface area contributed by atoms with Gasteiger partial charge in [-0.05, 0) is 67.1 Å². The standard InChI is InChI=1S/C20H16F3N3O2/c21-20(22,23)16-7-3-6-14(11-16)17(27)24-19-26-25-18(28-19)15-9-8-12-4-1-2-5-13(12)10-15/h3,6-11H,1-2,4-5H2,(H,24,26,27). The molecule has 0 aliphatic heterocycles. The third-order valence-electron chi connectivity index (χ3n) is 4.69. The molecule has 8 heteroatoms. The number of carbonyl (C=O) groups is 1. The average molecular weight is 387 g/mol. The number of aryl methyl sites for hydroxylation is 2. The highest BCUT2D eigenvalue weighted by atomic mass is 19.4. The van der Waals surface area contributed by atoms with E-state index < -0.39 is 17.6 Å². The van der Waals surface area contributed by atoms with Gasteiger partial charge in [0.25, 0.3) is 5.91 Å². The van der Waals surface area contributed by atoms with Crippen molar-refractivity contribution in [3.05, 3.63) is 64.7 Å². The molecule has 0 unspecified atom stereocenters. The summed E-state index contributed by atoms with van der Waals surface area (Å²) in [5, 5.41) is 10.0. The number of carbonyl (C=O) groups excluding carboxylic acids is 1. The predicted molar refractivity (Wildman–Crippen MR) is 95.8 cm³/mol. The number of hydrogen-bond acceptors (Lipinski definition) is 4. The minimum Gasteiger partial charge on any atom is -0.403 e. The number of aromatic nitrogens is 2. The maximum atomic E-state index is 12.8. The summed E-state index contributed by atoms with van der Waals surface area (Å²) >= 11 is 0. The van der Waals surface area contributed by atoms with Crippen LogP contribution in [0.1, 0.15) is 39.9 Å². The highest BCUT2D eigenvalue weighted by Crippen LogP contribution is 2.30. The Morgan fingerprint density at radius 3 is 2.57 bits per heavy atom. The van der Waals surface area contributed by atoms with Crippen molar-refractivity contribution in [3.63, 3.8) is 0 Å². The van der Waals surface area contributed by atoms with Crippen molar-refractivity contribution in [2.75, 3.05) is 5.32 Å². The maximum Gasteiger partial charge on any atom is 0.416 e. The summed E-state index contributed by atoms with van der Waals surface area (Å²) in [4.78, 5) is 12.2. The highest BCUT2D eigenvalue weighted by Gasteiger charge is 2.31. The van der Waals surface area contributed by atoms with Gasteiger partial charge in [-0.3, -0.25) is 10.1 Å². The molecule has 1 aliphatic rings. The van der Waals surface area contributed by atoms with E-state index in [2.05, 4.69) is 15.5 Å². The van der Waals surface area contributed by atoms with Gasteiger partial charge >= 0.3 is 12.2 Å². The summed E-state index contributed by atoms with van der Waals surface area (Å²) in [5.74, 6) is -0.514. The second kappa shape index (κ2) is 7.10. The largest absolute Gasteiger partial charge is 0.416 e. The van der Waals surface area contributed by atoms with E-state index in [1.165, 1.54) is 29.7 Å². The van der Waals surface area contributed by atoms with E-state index >= 15 is 0 Å². The fourth-order valence-corrected chi connectivity index (χ4v) is 3.26. The minimum absolute atomic E-state index is 0.150. The number of halogens is 3. The zero-order valence-electron chi connectivity index (χ0n) is 14.7. The van der Waals surface area contributed by atoms with Crippen LogP contribution in [-0.4, -0.2) is 16.1 Å². The molecule has 0 saturated heterocycles. The summed E-state index contributed by atoms with van der Waals surface area (Å²) in [7, 11) is 0. The van der Waals surface area contributed by atoms with Crippen molar-refractivity contribution >= 4 is 11.9 Å². The van der Waals surface area contributed by atoms with E-state index in [1.54, 1.807) is 0 Å². The fourth-order valence-electron chi connectivity index (χ4n) is 3.26. The first-order valence-electron chi connectivity index (χ1n) is 8.84. The number of nitrogens with zero attached hydrogens (tertiary/aromatic N) is 2. The van der Waals surface area contributed by atoms with Crippen LogP contribution < -0.4 is 5.32 Å². The normalized spacial score (nSPS) is 13.8. The van der Waals surface area contributed by atoms with E-state index in [0.29, 0.717) is 0 Å². The topological polar surface area (TPSA) is 68.0 Å². The Labute approximate surface area is 158 Å². The third-order valence-corrected chi connectivity index (χ3v) is 4.69.